The molecule has 0 unspecified atom stereocenters. The molecule has 2 aromatic rings. The Bertz CT molecular complexity index is 505. The van der Waals surface area contributed by atoms with Crippen LogP contribution in [-0.4, -0.2) is 19.6 Å². The van der Waals surface area contributed by atoms with E-state index in [4.69, 9.17) is 11.0 Å². The molecule has 13 heavy (non-hydrogen) atoms. The summed E-state index contributed by atoms with van der Waals surface area (Å²) in [5.41, 5.74) is 5.94. The number of nitrogen functional groups attached to an aromatic ring is 1. The Morgan fingerprint density at radius 1 is 1.62 bits per heavy atom. The molecule has 2 rings (SSSR count). The number of anilines is 1. The fraction of sp³-hybridized carbons (Fsp3) is 0.143. The Labute approximate surface area is 73.6 Å². The van der Waals surface area contributed by atoms with Gasteiger partial charge in [-0.1, -0.05) is 0 Å². The Morgan fingerprint density at radius 2 is 2.38 bits per heavy atom. The van der Waals surface area contributed by atoms with Gasteiger partial charge >= 0.3 is 0 Å². The number of nitrogens with zero attached hydrogens (tertiary/aromatic N) is 5. The molecule has 0 amide bonds. The zero-order chi connectivity index (χ0) is 9.42. The fourth-order valence-electron chi connectivity index (χ4n) is 1.04. The lowest BCUT2D eigenvalue weighted by molar-refractivity contribution is 0.924. The third kappa shape index (κ3) is 0.980. The summed E-state index contributed by atoms with van der Waals surface area (Å²) in [5.74, 6) is 1.26. The van der Waals surface area contributed by atoms with Crippen LogP contribution in [0.1, 0.15) is 11.4 Å². The Kier molecular flexibility index (Phi) is 1.39. The van der Waals surface area contributed by atoms with Crippen LogP contribution in [0.5, 0.6) is 0 Å². The van der Waals surface area contributed by atoms with Gasteiger partial charge in [-0.2, -0.15) is 14.8 Å². The first-order chi connectivity index (χ1) is 6.22. The first-order valence-corrected chi connectivity index (χ1v) is 3.60. The first-order valence-electron chi connectivity index (χ1n) is 3.60. The van der Waals surface area contributed by atoms with Crippen molar-refractivity contribution >= 4 is 11.6 Å². The molecule has 0 atom stereocenters. The van der Waals surface area contributed by atoms with Crippen molar-refractivity contribution in [2.75, 3.05) is 5.73 Å². The minimum absolute atomic E-state index is 0.271. The lowest BCUT2D eigenvalue weighted by Crippen LogP contribution is -2.03. The molecule has 0 aromatic carbocycles. The molecule has 64 valence electrons. The van der Waals surface area contributed by atoms with Crippen molar-refractivity contribution in [2.45, 2.75) is 6.92 Å². The molecule has 6 nitrogen and oxygen atoms in total. The summed E-state index contributed by atoms with van der Waals surface area (Å²) in [6.07, 6.45) is 1.39. The van der Waals surface area contributed by atoms with E-state index in [0.29, 0.717) is 17.2 Å². The van der Waals surface area contributed by atoms with E-state index in [-0.39, 0.29) is 5.82 Å². The van der Waals surface area contributed by atoms with E-state index in [1.165, 1.54) is 10.7 Å². The number of hydrogen-bond donors (Lipinski definition) is 1. The second kappa shape index (κ2) is 2.42. The average Bonchev–Trinajstić information content (AvgIpc) is 2.47. The third-order valence-corrected chi connectivity index (χ3v) is 1.63. The van der Waals surface area contributed by atoms with Crippen molar-refractivity contribution in [1.82, 2.24) is 19.6 Å². The predicted octanol–water partition coefficient (Wildman–Crippen LogP) is -0.113. The van der Waals surface area contributed by atoms with E-state index in [0.717, 1.165) is 0 Å². The number of aryl methyl sites for hydroxylation is 1. The van der Waals surface area contributed by atoms with Crippen LogP contribution in [0.25, 0.3) is 5.78 Å². The van der Waals surface area contributed by atoms with Gasteiger partial charge in [-0.3, -0.25) is 0 Å². The van der Waals surface area contributed by atoms with E-state index in [1.807, 2.05) is 6.07 Å². The van der Waals surface area contributed by atoms with Crippen LogP contribution < -0.4 is 5.73 Å². The van der Waals surface area contributed by atoms with Crippen LogP contribution in [0.4, 0.5) is 5.82 Å². The second-order valence-corrected chi connectivity index (χ2v) is 2.54. The lowest BCUT2D eigenvalue weighted by Gasteiger charge is -1.97. The number of fused-ring (bicyclic) bond motifs is 1. The molecular formula is C7H6N6. The molecule has 0 spiro atoms. The van der Waals surface area contributed by atoms with Crippen LogP contribution in [0.3, 0.4) is 0 Å². The molecule has 0 aliphatic heterocycles. The van der Waals surface area contributed by atoms with E-state index >= 15 is 0 Å². The van der Waals surface area contributed by atoms with Gasteiger partial charge in [-0.05, 0) is 6.92 Å². The summed E-state index contributed by atoms with van der Waals surface area (Å²) in [7, 11) is 0. The molecule has 0 saturated carbocycles. The maximum Gasteiger partial charge on any atom is 0.254 e. The summed E-state index contributed by atoms with van der Waals surface area (Å²) in [5, 5.41) is 12.6. The Hall–Kier alpha value is -2.16. The Morgan fingerprint density at radius 3 is 3.08 bits per heavy atom. The molecule has 0 fully saturated rings. The highest BCUT2D eigenvalue weighted by molar-refractivity contribution is 5.51. The topological polar surface area (TPSA) is 92.9 Å². The van der Waals surface area contributed by atoms with Gasteiger partial charge in [-0.25, -0.2) is 4.98 Å². The van der Waals surface area contributed by atoms with Crippen molar-refractivity contribution in [1.29, 1.82) is 5.26 Å². The average molecular weight is 174 g/mol. The van der Waals surface area contributed by atoms with E-state index < -0.39 is 0 Å². The lowest BCUT2D eigenvalue weighted by atomic mass is 10.3. The van der Waals surface area contributed by atoms with Gasteiger partial charge in [0.15, 0.2) is 0 Å². The minimum Gasteiger partial charge on any atom is -0.382 e. The number of hydrogen-bond acceptors (Lipinski definition) is 5. The molecule has 2 heterocycles. The van der Waals surface area contributed by atoms with Gasteiger partial charge in [0.05, 0.1) is 6.20 Å². The van der Waals surface area contributed by atoms with Gasteiger partial charge in [0.2, 0.25) is 0 Å². The normalized spacial score (nSPS) is 10.2. The summed E-state index contributed by atoms with van der Waals surface area (Å²) in [6.45, 7) is 1.74. The molecule has 0 aliphatic carbocycles. The van der Waals surface area contributed by atoms with Crippen LogP contribution in [0.2, 0.25) is 0 Å². The van der Waals surface area contributed by atoms with E-state index in [9.17, 15) is 0 Å². The maximum atomic E-state index is 8.65. The van der Waals surface area contributed by atoms with Crippen molar-refractivity contribution in [3.8, 4) is 6.07 Å². The van der Waals surface area contributed by atoms with E-state index in [2.05, 4.69) is 15.1 Å². The largest absolute Gasteiger partial charge is 0.382 e. The zero-order valence-electron chi connectivity index (χ0n) is 6.89. The molecule has 0 saturated heterocycles. The van der Waals surface area contributed by atoms with Crippen molar-refractivity contribution in [2.24, 2.45) is 0 Å². The smallest absolute Gasteiger partial charge is 0.254 e. The van der Waals surface area contributed by atoms with Gasteiger partial charge in [0.1, 0.15) is 23.3 Å². The van der Waals surface area contributed by atoms with Crippen LogP contribution in [-0.2, 0) is 0 Å². The van der Waals surface area contributed by atoms with Crippen molar-refractivity contribution < 1.29 is 0 Å². The van der Waals surface area contributed by atoms with Gasteiger partial charge in [0.25, 0.3) is 5.78 Å². The predicted molar refractivity (Wildman–Crippen MR) is 44.6 cm³/mol. The van der Waals surface area contributed by atoms with Crippen molar-refractivity contribution in [3.05, 3.63) is 17.6 Å². The highest BCUT2D eigenvalue weighted by atomic mass is 15.3. The molecule has 6 heteroatoms. The Balaban J connectivity index is 2.87. The SMILES string of the molecule is Cc1nc2ncc(C#N)c(N)n2n1. The van der Waals surface area contributed by atoms with Crippen LogP contribution in [0.15, 0.2) is 6.20 Å². The second-order valence-electron chi connectivity index (χ2n) is 2.54. The fourth-order valence-corrected chi connectivity index (χ4v) is 1.04. The number of aromatic nitrogens is 4. The molecule has 2 N–H and O–H groups in total. The summed E-state index contributed by atoms with van der Waals surface area (Å²) in [6, 6.07) is 1.92. The minimum atomic E-state index is 0.271. The van der Waals surface area contributed by atoms with Gasteiger partial charge < -0.3 is 5.73 Å². The third-order valence-electron chi connectivity index (χ3n) is 1.63. The zero-order valence-corrected chi connectivity index (χ0v) is 6.89. The van der Waals surface area contributed by atoms with Gasteiger partial charge in [-0.15, -0.1) is 5.10 Å². The first kappa shape index (κ1) is 7.49. The maximum absolute atomic E-state index is 8.65. The molecule has 2 aromatic heterocycles. The molecule has 0 aliphatic rings. The van der Waals surface area contributed by atoms with Gasteiger partial charge in [0, 0.05) is 0 Å². The summed E-state index contributed by atoms with van der Waals surface area (Å²) in [4.78, 5) is 7.92. The van der Waals surface area contributed by atoms with Crippen molar-refractivity contribution in [3.63, 3.8) is 0 Å². The summed E-state index contributed by atoms with van der Waals surface area (Å²) < 4.78 is 1.36. The number of nitrogens with two attached hydrogens (primary N) is 1. The molecule has 0 radical (unpaired) electrons. The standard InChI is InChI=1S/C7H6N6/c1-4-11-7-10-3-5(2-8)6(9)13(7)12-4/h3H,9H2,1H3. The monoisotopic (exact) mass is 174 g/mol. The molecular weight excluding hydrogens is 168 g/mol. The highest BCUT2D eigenvalue weighted by Crippen LogP contribution is 2.09. The molecule has 0 bridgehead atoms. The number of rotatable bonds is 0. The van der Waals surface area contributed by atoms with Crippen LogP contribution >= 0.6 is 0 Å². The van der Waals surface area contributed by atoms with E-state index in [1.54, 1.807) is 6.92 Å². The van der Waals surface area contributed by atoms with Crippen LogP contribution in [0, 0.1) is 18.3 Å². The highest BCUT2D eigenvalue weighted by Gasteiger charge is 2.07. The quantitative estimate of drug-likeness (QED) is 0.601. The number of nitriles is 1. The summed E-state index contributed by atoms with van der Waals surface area (Å²) >= 11 is 0.